The summed E-state index contributed by atoms with van der Waals surface area (Å²) >= 11 is 0. The number of rotatable bonds is 16. The summed E-state index contributed by atoms with van der Waals surface area (Å²) in [7, 11) is -0.863. The summed E-state index contributed by atoms with van der Waals surface area (Å²) in [6.45, 7) is 24.1. The summed E-state index contributed by atoms with van der Waals surface area (Å²) in [5, 5.41) is 7.15. The van der Waals surface area contributed by atoms with Gasteiger partial charge in [-0.25, -0.2) is 9.78 Å². The lowest BCUT2D eigenvalue weighted by atomic mass is 10.0. The number of aryl methyl sites for hydroxylation is 1. The van der Waals surface area contributed by atoms with Gasteiger partial charge in [0.1, 0.15) is 30.6 Å². The molecule has 1 aliphatic heterocycles. The Hall–Kier alpha value is -3.72. The highest BCUT2D eigenvalue weighted by Crippen LogP contribution is 2.33. The van der Waals surface area contributed by atoms with Gasteiger partial charge in [-0.2, -0.15) is 9.61 Å². The average molecular weight is 760 g/mol. The van der Waals surface area contributed by atoms with Crippen molar-refractivity contribution in [2.24, 2.45) is 0 Å². The summed E-state index contributed by atoms with van der Waals surface area (Å²) in [5.41, 5.74) is 4.22. The van der Waals surface area contributed by atoms with Crippen molar-refractivity contribution in [1.82, 2.24) is 19.5 Å². The molecule has 0 unspecified atom stereocenters. The molecule has 288 valence electrons. The molecule has 0 N–H and O–H groups in total. The number of hydrogen-bond donors (Lipinski definition) is 0. The second kappa shape index (κ2) is 16.7. The summed E-state index contributed by atoms with van der Waals surface area (Å²) in [5.74, 6) is 1.68. The van der Waals surface area contributed by atoms with Gasteiger partial charge in [-0.3, -0.25) is 4.90 Å². The first kappa shape index (κ1) is 40.5. The van der Waals surface area contributed by atoms with Crippen LogP contribution < -0.4 is 9.64 Å². The van der Waals surface area contributed by atoms with Crippen LogP contribution in [0.15, 0.2) is 60.4 Å². The number of ether oxygens (including phenoxy) is 4. The van der Waals surface area contributed by atoms with Crippen molar-refractivity contribution < 1.29 is 23.7 Å². The van der Waals surface area contributed by atoms with Crippen molar-refractivity contribution in [2.75, 3.05) is 38.7 Å². The zero-order chi connectivity index (χ0) is 38.6. The molecule has 3 heterocycles. The second-order valence-corrected chi connectivity index (χ2v) is 29.1. The lowest BCUT2D eigenvalue weighted by molar-refractivity contribution is 0.0282. The molecule has 0 saturated heterocycles. The molecule has 0 spiro atoms. The Kier molecular flexibility index (Phi) is 12.8. The van der Waals surface area contributed by atoms with Crippen LogP contribution in [0.3, 0.4) is 0 Å². The lowest BCUT2D eigenvalue weighted by Crippen LogP contribution is -2.38. The van der Waals surface area contributed by atoms with E-state index >= 15 is 0 Å². The molecule has 0 bridgehead atoms. The van der Waals surface area contributed by atoms with Crippen LogP contribution in [-0.2, 0) is 20.6 Å². The number of aromatic nitrogens is 3. The maximum atomic E-state index is 13.2. The normalized spacial score (nSPS) is 15.3. The highest BCUT2D eigenvalue weighted by Gasteiger charge is 2.31. The maximum Gasteiger partial charge on any atom is 0.414 e. The second-order valence-electron chi connectivity index (χ2n) is 17.8. The van der Waals surface area contributed by atoms with Gasteiger partial charge < -0.3 is 23.8 Å². The van der Waals surface area contributed by atoms with E-state index in [1.807, 2.05) is 43.7 Å². The van der Waals surface area contributed by atoms with Crippen LogP contribution in [-0.4, -0.2) is 87.2 Å². The van der Waals surface area contributed by atoms with Gasteiger partial charge in [0.05, 0.1) is 13.3 Å². The van der Waals surface area contributed by atoms with Gasteiger partial charge >= 0.3 is 6.09 Å². The molecular formula is C41H61N5O5Si2. The Morgan fingerprint density at radius 2 is 1.58 bits per heavy atom. The third-order valence-electron chi connectivity index (χ3n) is 9.32. The number of carbonyl (C=O) groups excluding carboxylic acids is 1. The molecule has 1 aliphatic rings. The Labute approximate surface area is 318 Å². The third-order valence-corrected chi connectivity index (χ3v) is 12.7. The minimum absolute atomic E-state index is 0.0166. The molecule has 1 atom stereocenters. The lowest BCUT2D eigenvalue weighted by Gasteiger charge is -2.28. The van der Waals surface area contributed by atoms with Crippen LogP contribution in [0, 0.1) is 0 Å². The van der Waals surface area contributed by atoms with Gasteiger partial charge in [0.2, 0.25) is 0 Å². The SMILES string of the molecule is COc1ccc2ccc(-c3cnn4c(N(COCC[Si](C)(C)C)COCC[Si](C)(C)C)cc(CC[C@H]5CC(C)=CN5C(=O)OC(C)(C)C)nc34)cc2c1. The Morgan fingerprint density at radius 3 is 2.21 bits per heavy atom. The molecule has 5 rings (SSSR count). The highest BCUT2D eigenvalue weighted by atomic mass is 28.3. The number of fused-ring (bicyclic) bond motifs is 2. The fourth-order valence-corrected chi connectivity index (χ4v) is 7.80. The van der Waals surface area contributed by atoms with E-state index in [0.717, 1.165) is 75.3 Å². The molecule has 0 saturated carbocycles. The van der Waals surface area contributed by atoms with E-state index in [1.54, 1.807) is 12.0 Å². The van der Waals surface area contributed by atoms with Gasteiger partial charge in [0.25, 0.3) is 0 Å². The first-order chi connectivity index (χ1) is 24.9. The Bertz CT molecular complexity index is 1890. The first-order valence-electron chi connectivity index (χ1n) is 18.9. The molecule has 53 heavy (non-hydrogen) atoms. The number of methoxy groups -OCH3 is 1. The standard InChI is InChI=1S/C41H61N5O5Si2/c1-30-22-35(45(27-30)40(47)51-41(2,3)4)16-15-34-25-38(44(28-49-18-20-52(6,7)8)29-50-19-21-53(9,10)11)46-39(43-34)37(26-42-46)32-13-12-31-14-17-36(48-5)24-33(31)23-32/h12-14,17,23-27,35H,15-16,18-22,28-29H2,1-11H3/t35-/m0/s1. The van der Waals surface area contributed by atoms with E-state index in [9.17, 15) is 4.79 Å². The highest BCUT2D eigenvalue weighted by molar-refractivity contribution is 6.76. The van der Waals surface area contributed by atoms with Crippen LogP contribution >= 0.6 is 0 Å². The number of benzene rings is 2. The van der Waals surface area contributed by atoms with Gasteiger partial charge in [-0.05, 0) is 93.6 Å². The molecule has 4 aromatic rings. The number of carbonyl (C=O) groups is 1. The van der Waals surface area contributed by atoms with Crippen LogP contribution in [0.2, 0.25) is 51.4 Å². The predicted molar refractivity (Wildman–Crippen MR) is 221 cm³/mol. The number of hydrogen-bond acceptors (Lipinski definition) is 8. The van der Waals surface area contributed by atoms with E-state index in [2.05, 4.69) is 87.5 Å². The summed E-state index contributed by atoms with van der Waals surface area (Å²) in [4.78, 5) is 22.4. The van der Waals surface area contributed by atoms with Crippen molar-refractivity contribution in [3.05, 3.63) is 66.1 Å². The molecule has 2 aromatic carbocycles. The molecule has 10 nitrogen and oxygen atoms in total. The maximum absolute atomic E-state index is 13.2. The van der Waals surface area contributed by atoms with Gasteiger partial charge in [0, 0.05) is 58.9 Å². The molecule has 0 fully saturated rings. The van der Waals surface area contributed by atoms with E-state index in [-0.39, 0.29) is 12.1 Å². The van der Waals surface area contributed by atoms with Crippen molar-refractivity contribution >= 4 is 44.5 Å². The summed E-state index contributed by atoms with van der Waals surface area (Å²) < 4.78 is 25.9. The largest absolute Gasteiger partial charge is 0.497 e. The predicted octanol–water partition coefficient (Wildman–Crippen LogP) is 9.83. The minimum Gasteiger partial charge on any atom is -0.497 e. The zero-order valence-electron chi connectivity index (χ0n) is 33.9. The molecule has 0 radical (unpaired) electrons. The van der Waals surface area contributed by atoms with E-state index in [1.165, 1.54) is 0 Å². The average Bonchev–Trinajstić information content (AvgIpc) is 3.67. The minimum atomic E-state index is -1.28. The summed E-state index contributed by atoms with van der Waals surface area (Å²) in [6.07, 6.45) is 5.72. The van der Waals surface area contributed by atoms with Crippen molar-refractivity contribution in [3.8, 4) is 16.9 Å². The fraction of sp³-hybridized carbons (Fsp3) is 0.537. The quantitative estimate of drug-likeness (QED) is 0.0634. The number of nitrogens with zero attached hydrogens (tertiary/aromatic N) is 5. The van der Waals surface area contributed by atoms with Crippen molar-refractivity contribution in [2.45, 2.75) is 110 Å². The van der Waals surface area contributed by atoms with Crippen molar-refractivity contribution in [1.29, 1.82) is 0 Å². The monoisotopic (exact) mass is 759 g/mol. The van der Waals surface area contributed by atoms with Gasteiger partial charge in [-0.1, -0.05) is 63.1 Å². The van der Waals surface area contributed by atoms with Crippen LogP contribution in [0.4, 0.5) is 10.6 Å². The number of anilines is 1. The molecule has 1 amide bonds. The molecule has 0 aliphatic carbocycles. The van der Waals surface area contributed by atoms with Crippen LogP contribution in [0.5, 0.6) is 5.75 Å². The van der Waals surface area contributed by atoms with E-state index in [0.29, 0.717) is 33.1 Å². The fourth-order valence-electron chi connectivity index (χ4n) is 6.29. The zero-order valence-corrected chi connectivity index (χ0v) is 35.9. The van der Waals surface area contributed by atoms with E-state index < -0.39 is 21.7 Å². The topological polar surface area (TPSA) is 90.7 Å². The molecule has 12 heteroatoms. The summed E-state index contributed by atoms with van der Waals surface area (Å²) in [6, 6.07) is 16.8. The van der Waals surface area contributed by atoms with Crippen LogP contribution in [0.1, 0.15) is 46.2 Å². The molecule has 2 aromatic heterocycles. The molecular weight excluding hydrogens is 699 g/mol. The van der Waals surface area contributed by atoms with Crippen molar-refractivity contribution in [3.63, 3.8) is 0 Å². The van der Waals surface area contributed by atoms with Gasteiger partial charge in [0.15, 0.2) is 5.65 Å². The van der Waals surface area contributed by atoms with E-state index in [4.69, 9.17) is 29.0 Å². The number of amides is 1. The van der Waals surface area contributed by atoms with Crippen LogP contribution in [0.25, 0.3) is 27.5 Å². The smallest absolute Gasteiger partial charge is 0.414 e. The van der Waals surface area contributed by atoms with Gasteiger partial charge in [-0.15, -0.1) is 0 Å². The third kappa shape index (κ3) is 11.4. The Morgan fingerprint density at radius 1 is 0.925 bits per heavy atom. The first-order valence-corrected chi connectivity index (χ1v) is 26.4. The Balaban J connectivity index is 1.52.